The van der Waals surface area contributed by atoms with Gasteiger partial charge in [0.25, 0.3) is 5.56 Å². The molecule has 2 amide bonds. The van der Waals surface area contributed by atoms with Gasteiger partial charge in [0, 0.05) is 28.4 Å². The largest absolute Gasteiger partial charge is 0.497 e. The van der Waals surface area contributed by atoms with Crippen LogP contribution in [0.25, 0.3) is 10.9 Å². The van der Waals surface area contributed by atoms with Crippen LogP contribution < -0.4 is 15.6 Å². The van der Waals surface area contributed by atoms with Crippen LogP contribution in [-0.2, 0) is 6.54 Å². The van der Waals surface area contributed by atoms with Crippen LogP contribution in [0.15, 0.2) is 53.3 Å². The van der Waals surface area contributed by atoms with Crippen molar-refractivity contribution in [3.05, 3.63) is 69.5 Å². The fourth-order valence-electron chi connectivity index (χ4n) is 4.14. The van der Waals surface area contributed by atoms with E-state index in [0.29, 0.717) is 27.5 Å². The zero-order chi connectivity index (χ0) is 21.8. The lowest BCUT2D eigenvalue weighted by Gasteiger charge is -2.34. The molecule has 1 aliphatic rings. The Morgan fingerprint density at radius 3 is 2.58 bits per heavy atom. The van der Waals surface area contributed by atoms with Gasteiger partial charge in [-0.3, -0.25) is 4.79 Å². The number of aromatic nitrogens is 1. The number of aromatic amines is 1. The molecule has 3 aromatic rings. The summed E-state index contributed by atoms with van der Waals surface area (Å²) in [5.41, 5.74) is 1.76. The van der Waals surface area contributed by atoms with Gasteiger partial charge in [-0.25, -0.2) is 4.79 Å². The van der Waals surface area contributed by atoms with E-state index in [1.165, 1.54) is 6.42 Å². The molecule has 1 fully saturated rings. The van der Waals surface area contributed by atoms with Crippen molar-refractivity contribution in [1.82, 2.24) is 9.88 Å². The van der Waals surface area contributed by atoms with Crippen LogP contribution in [0.3, 0.4) is 0 Å². The van der Waals surface area contributed by atoms with Gasteiger partial charge in [0.15, 0.2) is 0 Å². The van der Waals surface area contributed by atoms with Gasteiger partial charge in [0.2, 0.25) is 0 Å². The Morgan fingerprint density at radius 1 is 1.13 bits per heavy atom. The SMILES string of the molecule is COc1ccc2cc(CN(C(=O)Nc3ccc(Cl)cc3)C3CCCCC3)c(=O)[nH]c2c1. The molecule has 2 aromatic carbocycles. The first-order chi connectivity index (χ1) is 15.0. The van der Waals surface area contributed by atoms with E-state index in [0.717, 1.165) is 31.1 Å². The molecule has 2 N–H and O–H groups in total. The molecule has 1 aromatic heterocycles. The minimum absolute atomic E-state index is 0.104. The molecule has 7 heteroatoms. The Hall–Kier alpha value is -2.99. The summed E-state index contributed by atoms with van der Waals surface area (Å²) in [6.07, 6.45) is 5.24. The first-order valence-electron chi connectivity index (χ1n) is 10.6. The monoisotopic (exact) mass is 439 g/mol. The van der Waals surface area contributed by atoms with Crippen molar-refractivity contribution < 1.29 is 9.53 Å². The predicted octanol–water partition coefficient (Wildman–Crippen LogP) is 5.56. The average molecular weight is 440 g/mol. The molecule has 0 unspecified atom stereocenters. The quantitative estimate of drug-likeness (QED) is 0.546. The Morgan fingerprint density at radius 2 is 1.87 bits per heavy atom. The number of nitrogens with one attached hydrogen (secondary N) is 2. The van der Waals surface area contributed by atoms with E-state index in [1.807, 2.05) is 18.2 Å². The molecule has 4 rings (SSSR count). The number of fused-ring (bicyclic) bond motifs is 1. The number of carbonyl (C=O) groups is 1. The number of anilines is 1. The second kappa shape index (κ2) is 9.43. The first kappa shape index (κ1) is 21.2. The Labute approximate surface area is 186 Å². The molecule has 0 aliphatic heterocycles. The van der Waals surface area contributed by atoms with E-state index >= 15 is 0 Å². The van der Waals surface area contributed by atoms with Gasteiger partial charge in [0.1, 0.15) is 5.75 Å². The van der Waals surface area contributed by atoms with Crippen molar-refractivity contribution >= 4 is 34.2 Å². The van der Waals surface area contributed by atoms with Gasteiger partial charge in [0.05, 0.1) is 19.2 Å². The summed E-state index contributed by atoms with van der Waals surface area (Å²) in [4.78, 5) is 30.7. The topological polar surface area (TPSA) is 74.4 Å². The average Bonchev–Trinajstić information content (AvgIpc) is 2.79. The van der Waals surface area contributed by atoms with Gasteiger partial charge in [-0.05, 0) is 60.7 Å². The van der Waals surface area contributed by atoms with Gasteiger partial charge < -0.3 is 19.9 Å². The highest BCUT2D eigenvalue weighted by Crippen LogP contribution is 2.26. The number of rotatable bonds is 5. The third-order valence-corrected chi connectivity index (χ3v) is 6.09. The van der Waals surface area contributed by atoms with Crippen molar-refractivity contribution in [2.45, 2.75) is 44.7 Å². The van der Waals surface area contributed by atoms with Crippen molar-refractivity contribution in [3.8, 4) is 5.75 Å². The number of methoxy groups -OCH3 is 1. The zero-order valence-corrected chi connectivity index (χ0v) is 18.2. The van der Waals surface area contributed by atoms with Crippen LogP contribution in [0.1, 0.15) is 37.7 Å². The van der Waals surface area contributed by atoms with Crippen LogP contribution in [0.5, 0.6) is 5.75 Å². The number of H-pyrrole nitrogens is 1. The van der Waals surface area contributed by atoms with Gasteiger partial charge in [-0.15, -0.1) is 0 Å². The molecule has 31 heavy (non-hydrogen) atoms. The Kier molecular flexibility index (Phi) is 6.47. The number of urea groups is 1. The van der Waals surface area contributed by atoms with Crippen LogP contribution in [0.2, 0.25) is 5.02 Å². The highest BCUT2D eigenvalue weighted by molar-refractivity contribution is 6.30. The predicted molar refractivity (Wildman–Crippen MR) is 124 cm³/mol. The Balaban J connectivity index is 1.62. The lowest BCUT2D eigenvalue weighted by Crippen LogP contribution is -2.44. The molecule has 0 saturated heterocycles. The summed E-state index contributed by atoms with van der Waals surface area (Å²) >= 11 is 5.95. The fourth-order valence-corrected chi connectivity index (χ4v) is 4.27. The maximum Gasteiger partial charge on any atom is 0.322 e. The number of carbonyl (C=O) groups excluding carboxylic acids is 1. The number of hydrogen-bond acceptors (Lipinski definition) is 3. The minimum atomic E-state index is -0.205. The van der Waals surface area contributed by atoms with Crippen LogP contribution in [-0.4, -0.2) is 29.1 Å². The fraction of sp³-hybridized carbons (Fsp3) is 0.333. The highest BCUT2D eigenvalue weighted by Gasteiger charge is 2.26. The Bertz CT molecular complexity index is 1120. The molecular weight excluding hydrogens is 414 g/mol. The maximum absolute atomic E-state index is 13.2. The van der Waals surface area contributed by atoms with Crippen LogP contribution in [0.4, 0.5) is 10.5 Å². The van der Waals surface area contributed by atoms with Crippen molar-refractivity contribution in [3.63, 3.8) is 0 Å². The summed E-state index contributed by atoms with van der Waals surface area (Å²) in [5, 5.41) is 4.47. The number of benzene rings is 2. The molecular formula is C24H26ClN3O3. The lowest BCUT2D eigenvalue weighted by atomic mass is 9.94. The molecule has 0 radical (unpaired) electrons. The second-order valence-corrected chi connectivity index (χ2v) is 8.37. The summed E-state index contributed by atoms with van der Waals surface area (Å²) in [6, 6.07) is 14.4. The normalized spacial score (nSPS) is 14.4. The van der Waals surface area contributed by atoms with E-state index in [2.05, 4.69) is 10.3 Å². The molecule has 1 heterocycles. The van der Waals surface area contributed by atoms with Crippen LogP contribution in [0, 0.1) is 0 Å². The second-order valence-electron chi connectivity index (χ2n) is 7.93. The van der Waals surface area contributed by atoms with E-state index in [9.17, 15) is 9.59 Å². The molecule has 162 valence electrons. The number of halogens is 1. The number of ether oxygens (including phenoxy) is 1. The molecule has 1 aliphatic carbocycles. The summed E-state index contributed by atoms with van der Waals surface area (Å²) in [6.45, 7) is 0.251. The van der Waals surface area contributed by atoms with Crippen LogP contribution >= 0.6 is 11.6 Å². The molecule has 0 bridgehead atoms. The van der Waals surface area contributed by atoms with Gasteiger partial charge in [-0.1, -0.05) is 30.9 Å². The van der Waals surface area contributed by atoms with Crippen molar-refractivity contribution in [1.29, 1.82) is 0 Å². The minimum Gasteiger partial charge on any atom is -0.497 e. The van der Waals surface area contributed by atoms with E-state index < -0.39 is 0 Å². The number of nitrogens with zero attached hydrogens (tertiary/aromatic N) is 1. The first-order valence-corrected chi connectivity index (χ1v) is 10.9. The summed E-state index contributed by atoms with van der Waals surface area (Å²) < 4.78 is 5.24. The molecule has 6 nitrogen and oxygen atoms in total. The van der Waals surface area contributed by atoms with E-state index in [-0.39, 0.29) is 24.2 Å². The van der Waals surface area contributed by atoms with Crippen molar-refractivity contribution in [2.75, 3.05) is 12.4 Å². The van der Waals surface area contributed by atoms with Gasteiger partial charge in [-0.2, -0.15) is 0 Å². The number of pyridine rings is 1. The van der Waals surface area contributed by atoms with Gasteiger partial charge >= 0.3 is 6.03 Å². The highest BCUT2D eigenvalue weighted by atomic mass is 35.5. The standard InChI is InChI=1S/C24H26ClN3O3/c1-31-21-12-7-16-13-17(23(29)27-22(16)14-21)15-28(20-5-3-2-4-6-20)24(30)26-19-10-8-18(25)9-11-19/h7-14,20H,2-6,15H2,1H3,(H,26,30)(H,27,29). The van der Waals surface area contributed by atoms with E-state index in [1.54, 1.807) is 42.3 Å². The summed E-state index contributed by atoms with van der Waals surface area (Å²) in [7, 11) is 1.59. The third-order valence-electron chi connectivity index (χ3n) is 5.84. The maximum atomic E-state index is 13.2. The summed E-state index contributed by atoms with van der Waals surface area (Å²) in [5.74, 6) is 0.682. The molecule has 1 saturated carbocycles. The van der Waals surface area contributed by atoms with Crippen molar-refractivity contribution in [2.24, 2.45) is 0 Å². The number of hydrogen-bond donors (Lipinski definition) is 2. The molecule has 0 atom stereocenters. The smallest absolute Gasteiger partial charge is 0.322 e. The van der Waals surface area contributed by atoms with E-state index in [4.69, 9.17) is 16.3 Å². The third kappa shape index (κ3) is 5.02. The molecule has 0 spiro atoms. The zero-order valence-electron chi connectivity index (χ0n) is 17.5. The lowest BCUT2D eigenvalue weighted by molar-refractivity contribution is 0.162. The number of amides is 2.